The van der Waals surface area contributed by atoms with Crippen LogP contribution in [0.1, 0.15) is 23.5 Å². The highest BCUT2D eigenvalue weighted by Crippen LogP contribution is 2.30. The first-order chi connectivity index (χ1) is 13.0. The number of amides is 1. The van der Waals surface area contributed by atoms with Crippen molar-refractivity contribution in [2.24, 2.45) is 0 Å². The van der Waals surface area contributed by atoms with Gasteiger partial charge in [-0.1, -0.05) is 18.2 Å². The Morgan fingerprint density at radius 3 is 2.70 bits per heavy atom. The minimum atomic E-state index is -1.08. The number of rotatable bonds is 6. The average molecular weight is 375 g/mol. The number of aromatic nitrogens is 2. The quantitative estimate of drug-likeness (QED) is 0.657. The lowest BCUT2D eigenvalue weighted by molar-refractivity contribution is -0.0716. The van der Waals surface area contributed by atoms with Gasteiger partial charge in [-0.15, -0.1) is 0 Å². The number of hydrogen-bond acceptors (Lipinski definition) is 7. The molecular weight excluding hydrogens is 354 g/mol. The van der Waals surface area contributed by atoms with E-state index < -0.39 is 36.8 Å². The van der Waals surface area contributed by atoms with Gasteiger partial charge >= 0.3 is 5.69 Å². The number of anilines is 1. The van der Waals surface area contributed by atoms with Crippen LogP contribution in [-0.4, -0.2) is 57.2 Å². The predicted molar refractivity (Wildman–Crippen MR) is 95.3 cm³/mol. The van der Waals surface area contributed by atoms with Gasteiger partial charge in [-0.2, -0.15) is 4.98 Å². The Kier molecular flexibility index (Phi) is 5.97. The van der Waals surface area contributed by atoms with E-state index in [2.05, 4.69) is 10.3 Å². The summed E-state index contributed by atoms with van der Waals surface area (Å²) in [7, 11) is 0. The molecule has 2 heterocycles. The highest BCUT2D eigenvalue weighted by atomic mass is 16.6. The summed E-state index contributed by atoms with van der Waals surface area (Å²) >= 11 is 0. The molecule has 1 fully saturated rings. The molecule has 4 atom stereocenters. The Balaban J connectivity index is 1.80. The van der Waals surface area contributed by atoms with Gasteiger partial charge in [-0.25, -0.2) is 4.79 Å². The van der Waals surface area contributed by atoms with Gasteiger partial charge in [0.2, 0.25) is 0 Å². The summed E-state index contributed by atoms with van der Waals surface area (Å²) in [6, 6.07) is 10.00. The first-order valence-electron chi connectivity index (χ1n) is 8.56. The monoisotopic (exact) mass is 375 g/mol. The Labute approximate surface area is 155 Å². The molecule has 1 amide bonds. The molecule has 27 heavy (non-hydrogen) atoms. The Hall–Kier alpha value is -2.59. The molecule has 3 N–H and O–H groups in total. The summed E-state index contributed by atoms with van der Waals surface area (Å²) in [6.07, 6.45) is -2.30. The van der Waals surface area contributed by atoms with Crippen LogP contribution in [-0.2, 0) is 9.47 Å². The van der Waals surface area contributed by atoms with Gasteiger partial charge in [0, 0.05) is 18.4 Å². The van der Waals surface area contributed by atoms with E-state index in [9.17, 15) is 19.8 Å². The predicted octanol–water partition coefficient (Wildman–Crippen LogP) is 0.151. The van der Waals surface area contributed by atoms with Gasteiger partial charge in [-0.05, 0) is 25.1 Å². The smallest absolute Gasteiger partial charge is 0.351 e. The van der Waals surface area contributed by atoms with Gasteiger partial charge < -0.3 is 25.0 Å². The molecule has 9 heteroatoms. The van der Waals surface area contributed by atoms with Crippen molar-refractivity contribution in [1.82, 2.24) is 9.55 Å². The lowest BCUT2D eigenvalue weighted by atomic mass is 10.1. The van der Waals surface area contributed by atoms with Crippen LogP contribution >= 0.6 is 0 Å². The van der Waals surface area contributed by atoms with Gasteiger partial charge in [0.05, 0.1) is 6.61 Å². The first-order valence-corrected chi connectivity index (χ1v) is 8.56. The van der Waals surface area contributed by atoms with Crippen LogP contribution in [0.4, 0.5) is 5.82 Å². The van der Waals surface area contributed by atoms with Gasteiger partial charge in [-0.3, -0.25) is 9.36 Å². The highest BCUT2D eigenvalue weighted by molar-refractivity contribution is 6.03. The van der Waals surface area contributed by atoms with Gasteiger partial charge in [0.15, 0.2) is 6.23 Å². The molecule has 0 bridgehead atoms. The van der Waals surface area contributed by atoms with Crippen LogP contribution in [0, 0.1) is 0 Å². The second-order valence-electron chi connectivity index (χ2n) is 5.98. The number of carbonyl (C=O) groups is 1. The molecule has 0 radical (unpaired) electrons. The molecule has 0 aliphatic carbocycles. The van der Waals surface area contributed by atoms with Crippen molar-refractivity contribution in [2.45, 2.75) is 31.5 Å². The Morgan fingerprint density at radius 1 is 1.33 bits per heavy atom. The molecule has 1 aliphatic rings. The zero-order chi connectivity index (χ0) is 19.4. The van der Waals surface area contributed by atoms with Crippen molar-refractivity contribution in [3.05, 3.63) is 58.6 Å². The van der Waals surface area contributed by atoms with E-state index >= 15 is 0 Å². The van der Waals surface area contributed by atoms with E-state index in [0.29, 0.717) is 12.2 Å². The number of benzene rings is 1. The normalized spacial score (nSPS) is 24.7. The molecule has 9 nitrogen and oxygen atoms in total. The molecule has 0 spiro atoms. The third-order valence-corrected chi connectivity index (χ3v) is 4.23. The first kappa shape index (κ1) is 19.2. The summed E-state index contributed by atoms with van der Waals surface area (Å²) in [5.74, 6) is -0.296. The number of ether oxygens (including phenoxy) is 2. The van der Waals surface area contributed by atoms with E-state index in [1.165, 1.54) is 12.3 Å². The fourth-order valence-electron chi connectivity index (χ4n) is 2.92. The Bertz CT molecular complexity index is 840. The van der Waals surface area contributed by atoms with Crippen LogP contribution in [0.15, 0.2) is 47.4 Å². The fourth-order valence-corrected chi connectivity index (χ4v) is 2.92. The van der Waals surface area contributed by atoms with Crippen LogP contribution in [0.25, 0.3) is 0 Å². The lowest BCUT2D eigenvalue weighted by Gasteiger charge is -2.21. The molecule has 1 aliphatic heterocycles. The maximum absolute atomic E-state index is 12.4. The Morgan fingerprint density at radius 2 is 2.07 bits per heavy atom. The number of aliphatic hydroxyl groups is 2. The summed E-state index contributed by atoms with van der Waals surface area (Å²) in [5, 5.41) is 22.1. The third-order valence-electron chi connectivity index (χ3n) is 4.23. The van der Waals surface area contributed by atoms with Crippen molar-refractivity contribution < 1.29 is 24.5 Å². The average Bonchev–Trinajstić information content (AvgIpc) is 2.99. The minimum absolute atomic E-state index is 0.0929. The molecule has 144 valence electrons. The molecule has 0 saturated carbocycles. The van der Waals surface area contributed by atoms with Crippen LogP contribution in [0.5, 0.6) is 0 Å². The van der Waals surface area contributed by atoms with Crippen molar-refractivity contribution in [3.63, 3.8) is 0 Å². The SMILES string of the molecule is CCO[C@H]1C(O)[C@@H](CO)O[C@H]1n1ccc(NC(=O)c2ccccc2)nc1=O. The molecule has 1 aromatic heterocycles. The molecule has 1 aromatic carbocycles. The summed E-state index contributed by atoms with van der Waals surface area (Å²) < 4.78 is 12.2. The summed E-state index contributed by atoms with van der Waals surface area (Å²) in [5.41, 5.74) is -0.241. The van der Waals surface area contributed by atoms with E-state index in [4.69, 9.17) is 9.47 Å². The lowest BCUT2D eigenvalue weighted by Crippen LogP contribution is -2.38. The van der Waals surface area contributed by atoms with Crippen LogP contribution < -0.4 is 11.0 Å². The summed E-state index contributed by atoms with van der Waals surface area (Å²) in [6.45, 7) is 1.64. The topological polar surface area (TPSA) is 123 Å². The molecule has 1 saturated heterocycles. The zero-order valence-electron chi connectivity index (χ0n) is 14.7. The molecule has 1 unspecified atom stereocenters. The van der Waals surface area contributed by atoms with Crippen LogP contribution in [0.2, 0.25) is 0 Å². The maximum atomic E-state index is 12.4. The van der Waals surface area contributed by atoms with Crippen molar-refractivity contribution in [2.75, 3.05) is 18.5 Å². The zero-order valence-corrected chi connectivity index (χ0v) is 14.7. The number of aliphatic hydroxyl groups excluding tert-OH is 2. The van der Waals surface area contributed by atoms with E-state index in [1.54, 1.807) is 37.3 Å². The van der Waals surface area contributed by atoms with Crippen molar-refractivity contribution >= 4 is 11.7 Å². The van der Waals surface area contributed by atoms with E-state index in [1.807, 2.05) is 0 Å². The fraction of sp³-hybridized carbons (Fsp3) is 0.389. The number of hydrogen-bond donors (Lipinski definition) is 3. The number of nitrogens with zero attached hydrogens (tertiary/aromatic N) is 2. The second-order valence-corrected chi connectivity index (χ2v) is 5.98. The van der Waals surface area contributed by atoms with Gasteiger partial charge in [0.1, 0.15) is 24.1 Å². The molecule has 2 aromatic rings. The standard InChI is InChI=1S/C18H21N3O6/c1-2-26-15-14(23)12(10-22)27-17(15)21-9-8-13(20-18(21)25)19-16(24)11-6-4-3-5-7-11/h3-9,12,14-15,17,22-23H,2,10H2,1H3,(H,19,20,24,25)/t12-,14?,15+,17-/m1/s1. The number of nitrogens with one attached hydrogen (secondary N) is 1. The molecular formula is C18H21N3O6. The van der Waals surface area contributed by atoms with E-state index in [0.717, 1.165) is 4.57 Å². The highest BCUT2D eigenvalue weighted by Gasteiger charge is 2.45. The van der Waals surface area contributed by atoms with Crippen molar-refractivity contribution in [3.8, 4) is 0 Å². The third kappa shape index (κ3) is 4.06. The van der Waals surface area contributed by atoms with Crippen LogP contribution in [0.3, 0.4) is 0 Å². The summed E-state index contributed by atoms with van der Waals surface area (Å²) in [4.78, 5) is 28.4. The van der Waals surface area contributed by atoms with Crippen molar-refractivity contribution in [1.29, 1.82) is 0 Å². The van der Waals surface area contributed by atoms with Gasteiger partial charge in [0.25, 0.3) is 5.91 Å². The number of carbonyl (C=O) groups excluding carboxylic acids is 1. The van der Waals surface area contributed by atoms with E-state index in [-0.39, 0.29) is 11.7 Å². The largest absolute Gasteiger partial charge is 0.394 e. The maximum Gasteiger partial charge on any atom is 0.351 e. The minimum Gasteiger partial charge on any atom is -0.394 e. The molecule has 3 rings (SSSR count). The second kappa shape index (κ2) is 8.40.